The maximum Gasteiger partial charge on any atom is 0.305 e. The normalized spacial score (nSPS) is 14.2. The molecule has 17 heavy (non-hydrogen) atoms. The molecule has 0 unspecified atom stereocenters. The minimum atomic E-state index is -0.842. The molecule has 1 heterocycles. The number of aliphatic carboxylic acids is 1. The molecule has 0 aliphatic heterocycles. The number of carboxylic acids is 1. The summed E-state index contributed by atoms with van der Waals surface area (Å²) in [5.41, 5.74) is 1.53. The molecule has 0 spiro atoms. The van der Waals surface area contributed by atoms with Crippen LogP contribution in [-0.2, 0) is 11.2 Å². The number of anilines is 1. The first-order chi connectivity index (χ1) is 8.16. The van der Waals surface area contributed by atoms with Gasteiger partial charge >= 0.3 is 5.97 Å². The van der Waals surface area contributed by atoms with Crippen LogP contribution in [0.4, 0.5) is 5.82 Å². The van der Waals surface area contributed by atoms with E-state index in [1.807, 2.05) is 0 Å². The third-order valence-electron chi connectivity index (χ3n) is 2.74. The first-order valence-corrected chi connectivity index (χ1v) is 5.65. The summed E-state index contributed by atoms with van der Waals surface area (Å²) in [6.07, 6.45) is 2.31. The molecule has 1 aromatic rings. The number of rotatable bonds is 4. The van der Waals surface area contributed by atoms with Crippen LogP contribution in [0, 0.1) is 0 Å². The summed E-state index contributed by atoms with van der Waals surface area (Å²) >= 11 is 0. The molecular weight excluding hydrogens is 220 g/mol. The Morgan fingerprint density at radius 3 is 3.00 bits per heavy atom. The van der Waals surface area contributed by atoms with E-state index in [4.69, 9.17) is 5.11 Å². The summed E-state index contributed by atoms with van der Waals surface area (Å²) in [6, 6.07) is 3.50. The Labute approximate surface area is 98.9 Å². The van der Waals surface area contributed by atoms with Crippen molar-refractivity contribution in [1.29, 1.82) is 0 Å². The average Bonchev–Trinajstić information content (AvgIpc) is 2.29. The number of fused-ring (bicyclic) bond motifs is 1. The molecule has 0 saturated carbocycles. The van der Waals surface area contributed by atoms with Gasteiger partial charge in [-0.05, 0) is 25.0 Å². The SMILES string of the molecule is O=C(O)CCNc1ccc2c(n1)CCCC2=O. The van der Waals surface area contributed by atoms with E-state index < -0.39 is 5.97 Å². The van der Waals surface area contributed by atoms with Crippen molar-refractivity contribution in [3.05, 3.63) is 23.4 Å². The van der Waals surface area contributed by atoms with E-state index in [9.17, 15) is 9.59 Å². The lowest BCUT2D eigenvalue weighted by atomic mass is 9.95. The average molecular weight is 234 g/mol. The Morgan fingerprint density at radius 2 is 2.24 bits per heavy atom. The van der Waals surface area contributed by atoms with Crippen LogP contribution in [0.1, 0.15) is 35.3 Å². The number of nitrogens with zero attached hydrogens (tertiary/aromatic N) is 1. The maximum atomic E-state index is 11.6. The van der Waals surface area contributed by atoms with Crippen LogP contribution in [0.5, 0.6) is 0 Å². The predicted octanol–water partition coefficient (Wildman–Crippen LogP) is 1.49. The first kappa shape index (κ1) is 11.6. The number of ketones is 1. The highest BCUT2D eigenvalue weighted by Gasteiger charge is 2.18. The highest BCUT2D eigenvalue weighted by molar-refractivity contribution is 5.98. The molecule has 1 aliphatic rings. The van der Waals surface area contributed by atoms with Gasteiger partial charge in [0.1, 0.15) is 5.82 Å². The van der Waals surface area contributed by atoms with Gasteiger partial charge in [0.25, 0.3) is 0 Å². The number of carbonyl (C=O) groups is 2. The molecule has 90 valence electrons. The largest absolute Gasteiger partial charge is 0.481 e. The molecule has 0 bridgehead atoms. The quantitative estimate of drug-likeness (QED) is 0.825. The van der Waals surface area contributed by atoms with Gasteiger partial charge in [-0.3, -0.25) is 9.59 Å². The van der Waals surface area contributed by atoms with Gasteiger partial charge < -0.3 is 10.4 Å². The second kappa shape index (κ2) is 4.95. The van der Waals surface area contributed by atoms with E-state index >= 15 is 0 Å². The molecule has 1 aliphatic carbocycles. The minimum absolute atomic E-state index is 0.0533. The fraction of sp³-hybridized carbons (Fsp3) is 0.417. The van der Waals surface area contributed by atoms with E-state index in [0.29, 0.717) is 24.3 Å². The van der Waals surface area contributed by atoms with Crippen molar-refractivity contribution in [2.24, 2.45) is 0 Å². The predicted molar refractivity (Wildman–Crippen MR) is 62.2 cm³/mol. The van der Waals surface area contributed by atoms with Crippen LogP contribution in [0.2, 0.25) is 0 Å². The van der Waals surface area contributed by atoms with Crippen molar-refractivity contribution in [1.82, 2.24) is 4.98 Å². The van der Waals surface area contributed by atoms with Gasteiger partial charge in [-0.15, -0.1) is 0 Å². The monoisotopic (exact) mass is 234 g/mol. The number of nitrogens with one attached hydrogen (secondary N) is 1. The third-order valence-corrected chi connectivity index (χ3v) is 2.74. The smallest absolute Gasteiger partial charge is 0.305 e. The molecule has 2 rings (SSSR count). The molecule has 5 nitrogen and oxygen atoms in total. The van der Waals surface area contributed by atoms with E-state index in [1.54, 1.807) is 12.1 Å². The molecule has 0 amide bonds. The van der Waals surface area contributed by atoms with Crippen molar-refractivity contribution in [2.75, 3.05) is 11.9 Å². The number of hydrogen-bond donors (Lipinski definition) is 2. The van der Waals surface area contributed by atoms with Gasteiger partial charge in [0.2, 0.25) is 0 Å². The van der Waals surface area contributed by atoms with Crippen molar-refractivity contribution in [3.63, 3.8) is 0 Å². The van der Waals surface area contributed by atoms with Crippen molar-refractivity contribution >= 4 is 17.6 Å². The van der Waals surface area contributed by atoms with Gasteiger partial charge in [0.15, 0.2) is 5.78 Å². The van der Waals surface area contributed by atoms with E-state index in [2.05, 4.69) is 10.3 Å². The second-order valence-electron chi connectivity index (χ2n) is 4.04. The zero-order valence-electron chi connectivity index (χ0n) is 9.40. The van der Waals surface area contributed by atoms with Crippen molar-refractivity contribution < 1.29 is 14.7 Å². The van der Waals surface area contributed by atoms with E-state index in [0.717, 1.165) is 18.5 Å². The molecule has 0 aromatic carbocycles. The van der Waals surface area contributed by atoms with Crippen LogP contribution in [0.15, 0.2) is 12.1 Å². The summed E-state index contributed by atoms with van der Waals surface area (Å²) in [5.74, 6) is -0.0545. The Morgan fingerprint density at radius 1 is 1.41 bits per heavy atom. The highest BCUT2D eigenvalue weighted by atomic mass is 16.4. The number of aromatic nitrogens is 1. The van der Waals surface area contributed by atoms with Crippen molar-refractivity contribution in [3.8, 4) is 0 Å². The number of hydrogen-bond acceptors (Lipinski definition) is 4. The minimum Gasteiger partial charge on any atom is -0.481 e. The molecule has 5 heteroatoms. The molecule has 0 fully saturated rings. The van der Waals surface area contributed by atoms with Crippen LogP contribution < -0.4 is 5.32 Å². The maximum absolute atomic E-state index is 11.6. The number of Topliss-reactive ketones (excluding diaryl/α,β-unsaturated/α-hetero) is 1. The molecule has 1 aromatic heterocycles. The summed E-state index contributed by atoms with van der Waals surface area (Å²) < 4.78 is 0. The Hall–Kier alpha value is -1.91. The summed E-state index contributed by atoms with van der Waals surface area (Å²) in [5, 5.41) is 11.5. The van der Waals surface area contributed by atoms with Crippen LogP contribution in [0.25, 0.3) is 0 Å². The molecule has 0 saturated heterocycles. The summed E-state index contributed by atoms with van der Waals surface area (Å²) in [4.78, 5) is 26.3. The second-order valence-corrected chi connectivity index (χ2v) is 4.04. The number of carboxylic acid groups (broad SMARTS) is 1. The van der Waals surface area contributed by atoms with Gasteiger partial charge in [0, 0.05) is 18.5 Å². The topological polar surface area (TPSA) is 79.3 Å². The van der Waals surface area contributed by atoms with E-state index in [1.165, 1.54) is 0 Å². The highest BCUT2D eigenvalue weighted by Crippen LogP contribution is 2.21. The number of aryl methyl sites for hydroxylation is 1. The lowest BCUT2D eigenvalue weighted by Crippen LogP contribution is -2.14. The molecule has 0 radical (unpaired) electrons. The lowest BCUT2D eigenvalue weighted by molar-refractivity contribution is -0.136. The third kappa shape index (κ3) is 2.81. The number of carbonyl (C=O) groups excluding carboxylic acids is 1. The fourth-order valence-corrected chi connectivity index (χ4v) is 1.89. The Bertz CT molecular complexity index is 457. The number of pyridine rings is 1. The van der Waals surface area contributed by atoms with E-state index in [-0.39, 0.29) is 12.2 Å². The molecular formula is C12H14N2O3. The zero-order valence-corrected chi connectivity index (χ0v) is 9.40. The fourth-order valence-electron chi connectivity index (χ4n) is 1.89. The summed E-state index contributed by atoms with van der Waals surface area (Å²) in [6.45, 7) is 0.342. The van der Waals surface area contributed by atoms with Crippen LogP contribution in [-0.4, -0.2) is 28.4 Å². The van der Waals surface area contributed by atoms with Gasteiger partial charge in [-0.2, -0.15) is 0 Å². The lowest BCUT2D eigenvalue weighted by Gasteiger charge is -2.14. The summed E-state index contributed by atoms with van der Waals surface area (Å²) in [7, 11) is 0. The van der Waals surface area contributed by atoms with Crippen LogP contribution in [0.3, 0.4) is 0 Å². The standard InChI is InChI=1S/C12H14N2O3/c15-10-3-1-2-9-8(10)4-5-11(14-9)13-7-6-12(16)17/h4-5H,1-3,6-7H2,(H,13,14)(H,16,17). The van der Waals surface area contributed by atoms with Gasteiger partial charge in [0.05, 0.1) is 12.1 Å². The Kier molecular flexibility index (Phi) is 3.37. The Balaban J connectivity index is 2.05. The molecule has 2 N–H and O–H groups in total. The molecule has 0 atom stereocenters. The first-order valence-electron chi connectivity index (χ1n) is 5.65. The van der Waals surface area contributed by atoms with Gasteiger partial charge in [-0.1, -0.05) is 0 Å². The van der Waals surface area contributed by atoms with Crippen LogP contribution >= 0.6 is 0 Å². The van der Waals surface area contributed by atoms with Gasteiger partial charge in [-0.25, -0.2) is 4.98 Å². The van der Waals surface area contributed by atoms with Crippen molar-refractivity contribution in [2.45, 2.75) is 25.7 Å². The zero-order chi connectivity index (χ0) is 12.3.